The Labute approximate surface area is 274 Å². The molecule has 2 fully saturated rings. The third-order valence-electron chi connectivity index (χ3n) is 9.44. The molecule has 0 amide bonds. The maximum atomic E-state index is 6.81. The summed E-state index contributed by atoms with van der Waals surface area (Å²) < 4.78 is 26.4. The first-order valence-electron chi connectivity index (χ1n) is 16.5. The molecule has 0 bridgehead atoms. The van der Waals surface area contributed by atoms with Gasteiger partial charge in [0.1, 0.15) is 12.2 Å². The molecule has 4 aromatic rings. The molecule has 0 aliphatic carbocycles. The SMILES string of the molecule is Cc1cc(C)c(CN[C@@H]2[C@@H](NCc3c(C)cc(C)cc3C)[C@@H](OCc3ccccc3)O[C@@H]3COC(c4ccccc4)O[C@@H]23)c(C)c1. The van der Waals surface area contributed by atoms with Crippen LogP contribution in [0.25, 0.3) is 0 Å². The van der Waals surface area contributed by atoms with Gasteiger partial charge in [-0.15, -0.1) is 0 Å². The number of nitrogens with one attached hydrogen (secondary N) is 2. The predicted molar refractivity (Wildman–Crippen MR) is 182 cm³/mol. The van der Waals surface area contributed by atoms with E-state index >= 15 is 0 Å². The molecule has 6 rings (SSSR count). The summed E-state index contributed by atoms with van der Waals surface area (Å²) in [4.78, 5) is 0. The molecule has 0 radical (unpaired) electrons. The molecular weight excluding hydrogens is 572 g/mol. The maximum Gasteiger partial charge on any atom is 0.184 e. The van der Waals surface area contributed by atoms with E-state index in [0.717, 1.165) is 11.1 Å². The van der Waals surface area contributed by atoms with Gasteiger partial charge in [-0.05, 0) is 80.5 Å². The van der Waals surface area contributed by atoms with Crippen LogP contribution in [0.1, 0.15) is 61.9 Å². The van der Waals surface area contributed by atoms with E-state index in [1.54, 1.807) is 0 Å². The highest BCUT2D eigenvalue weighted by Crippen LogP contribution is 2.35. The van der Waals surface area contributed by atoms with E-state index in [1.165, 1.54) is 44.5 Å². The number of fused-ring (bicyclic) bond motifs is 1. The van der Waals surface area contributed by atoms with Gasteiger partial charge in [-0.3, -0.25) is 0 Å². The Balaban J connectivity index is 1.33. The number of hydrogen-bond donors (Lipinski definition) is 2. The third kappa shape index (κ3) is 7.44. The fourth-order valence-corrected chi connectivity index (χ4v) is 7.17. The van der Waals surface area contributed by atoms with Crippen LogP contribution in [0.4, 0.5) is 0 Å². The average Bonchev–Trinajstić information content (AvgIpc) is 3.04. The topological polar surface area (TPSA) is 61.0 Å². The molecular formula is C40H48N2O4. The Hall–Kier alpha value is -3.36. The van der Waals surface area contributed by atoms with Gasteiger partial charge in [-0.1, -0.05) is 96.1 Å². The second-order valence-electron chi connectivity index (χ2n) is 13.1. The number of ether oxygens (including phenoxy) is 4. The number of benzene rings is 4. The summed E-state index contributed by atoms with van der Waals surface area (Å²) in [5, 5.41) is 7.86. The van der Waals surface area contributed by atoms with Crippen molar-refractivity contribution in [1.82, 2.24) is 10.6 Å². The molecule has 6 atom stereocenters. The van der Waals surface area contributed by atoms with Crippen LogP contribution in [0.2, 0.25) is 0 Å². The van der Waals surface area contributed by atoms with Crippen LogP contribution in [0.5, 0.6) is 0 Å². The summed E-state index contributed by atoms with van der Waals surface area (Å²) in [5.74, 6) is 0. The zero-order chi connectivity index (χ0) is 32.2. The van der Waals surface area contributed by atoms with Crippen molar-refractivity contribution in [2.45, 2.75) is 98.1 Å². The third-order valence-corrected chi connectivity index (χ3v) is 9.44. The Morgan fingerprint density at radius 3 is 1.74 bits per heavy atom. The molecule has 4 aromatic carbocycles. The molecule has 46 heavy (non-hydrogen) atoms. The molecule has 6 nitrogen and oxygen atoms in total. The monoisotopic (exact) mass is 620 g/mol. The van der Waals surface area contributed by atoms with E-state index < -0.39 is 12.6 Å². The minimum absolute atomic E-state index is 0.124. The summed E-state index contributed by atoms with van der Waals surface area (Å²) in [6.07, 6.45) is -1.55. The highest BCUT2D eigenvalue weighted by Gasteiger charge is 2.50. The summed E-state index contributed by atoms with van der Waals surface area (Å²) in [6, 6.07) is 29.2. The van der Waals surface area contributed by atoms with Crippen molar-refractivity contribution >= 4 is 0 Å². The van der Waals surface area contributed by atoms with Crippen molar-refractivity contribution in [3.8, 4) is 0 Å². The highest BCUT2D eigenvalue weighted by molar-refractivity contribution is 5.38. The highest BCUT2D eigenvalue weighted by atomic mass is 16.7. The van der Waals surface area contributed by atoms with E-state index in [9.17, 15) is 0 Å². The molecule has 0 aromatic heterocycles. The van der Waals surface area contributed by atoms with E-state index in [1.807, 2.05) is 36.4 Å². The van der Waals surface area contributed by atoms with Gasteiger partial charge >= 0.3 is 0 Å². The molecule has 0 saturated carbocycles. The molecule has 1 unspecified atom stereocenters. The minimum Gasteiger partial charge on any atom is -0.346 e. The zero-order valence-corrected chi connectivity index (χ0v) is 28.0. The molecule has 2 N–H and O–H groups in total. The van der Waals surface area contributed by atoms with Crippen molar-refractivity contribution in [2.24, 2.45) is 0 Å². The largest absolute Gasteiger partial charge is 0.346 e. The van der Waals surface area contributed by atoms with Crippen molar-refractivity contribution in [3.05, 3.63) is 141 Å². The fraction of sp³-hybridized carbons (Fsp3) is 0.400. The van der Waals surface area contributed by atoms with Gasteiger partial charge in [0.15, 0.2) is 12.6 Å². The summed E-state index contributed by atoms with van der Waals surface area (Å²) in [5.41, 5.74) is 12.4. The van der Waals surface area contributed by atoms with E-state index in [4.69, 9.17) is 18.9 Å². The van der Waals surface area contributed by atoms with Crippen molar-refractivity contribution in [2.75, 3.05) is 6.61 Å². The predicted octanol–water partition coefficient (Wildman–Crippen LogP) is 7.21. The summed E-state index contributed by atoms with van der Waals surface area (Å²) in [7, 11) is 0. The Morgan fingerprint density at radius 1 is 0.652 bits per heavy atom. The molecule has 0 spiro atoms. The Morgan fingerprint density at radius 2 is 1.17 bits per heavy atom. The van der Waals surface area contributed by atoms with Gasteiger partial charge in [-0.2, -0.15) is 0 Å². The van der Waals surface area contributed by atoms with Crippen LogP contribution >= 0.6 is 0 Å². The number of aryl methyl sites for hydroxylation is 6. The first-order chi connectivity index (χ1) is 22.3. The number of rotatable bonds is 10. The lowest BCUT2D eigenvalue weighted by Crippen LogP contribution is -2.69. The minimum atomic E-state index is -0.522. The van der Waals surface area contributed by atoms with Crippen LogP contribution in [-0.4, -0.2) is 37.2 Å². The normalized spacial score (nSPS) is 24.5. The van der Waals surface area contributed by atoms with Gasteiger partial charge in [-0.25, -0.2) is 0 Å². The lowest BCUT2D eigenvalue weighted by Gasteiger charge is -2.50. The molecule has 2 aliphatic heterocycles. The zero-order valence-electron chi connectivity index (χ0n) is 28.0. The summed E-state index contributed by atoms with van der Waals surface area (Å²) >= 11 is 0. The Bertz CT molecular complexity index is 1560. The van der Waals surface area contributed by atoms with Gasteiger partial charge in [0.05, 0.1) is 25.3 Å². The first-order valence-corrected chi connectivity index (χ1v) is 16.5. The van der Waals surface area contributed by atoms with Crippen molar-refractivity contribution in [1.29, 1.82) is 0 Å². The second kappa shape index (κ2) is 14.6. The molecule has 242 valence electrons. The summed E-state index contributed by atoms with van der Waals surface area (Å²) in [6.45, 7) is 15.3. The van der Waals surface area contributed by atoms with Crippen LogP contribution in [0.15, 0.2) is 84.9 Å². The van der Waals surface area contributed by atoms with Crippen LogP contribution in [-0.2, 0) is 38.6 Å². The maximum absolute atomic E-state index is 6.81. The van der Waals surface area contributed by atoms with Gasteiger partial charge in [0, 0.05) is 18.7 Å². The average molecular weight is 621 g/mol. The van der Waals surface area contributed by atoms with Crippen LogP contribution in [0, 0.1) is 41.5 Å². The van der Waals surface area contributed by atoms with Crippen LogP contribution < -0.4 is 10.6 Å². The molecule has 2 saturated heterocycles. The lowest BCUT2D eigenvalue weighted by atomic mass is 9.91. The van der Waals surface area contributed by atoms with Crippen molar-refractivity contribution in [3.63, 3.8) is 0 Å². The van der Waals surface area contributed by atoms with E-state index in [2.05, 4.69) is 101 Å². The lowest BCUT2D eigenvalue weighted by molar-refractivity contribution is -0.331. The second-order valence-corrected chi connectivity index (χ2v) is 13.1. The van der Waals surface area contributed by atoms with E-state index in [-0.39, 0.29) is 24.3 Å². The van der Waals surface area contributed by atoms with Gasteiger partial charge in [0.2, 0.25) is 0 Å². The van der Waals surface area contributed by atoms with Crippen molar-refractivity contribution < 1.29 is 18.9 Å². The standard InChI is InChI=1S/C40H48N2O4/c1-25-17-27(3)33(28(4)18-25)21-41-36-37(42-22-34-29(5)19-26(2)20-30(34)6)40(43-23-31-13-9-7-10-14-31)45-35-24-44-39(46-38(35)36)32-15-11-8-12-16-32/h7-20,35-42H,21-24H2,1-6H3/t35-,36-,37-,38-,39?,40+/m1/s1. The quantitative estimate of drug-likeness (QED) is 0.195. The van der Waals surface area contributed by atoms with Crippen LogP contribution in [0.3, 0.4) is 0 Å². The molecule has 6 heteroatoms. The Kier molecular flexibility index (Phi) is 10.3. The molecule has 2 aliphatic rings. The van der Waals surface area contributed by atoms with Gasteiger partial charge < -0.3 is 29.6 Å². The van der Waals surface area contributed by atoms with Gasteiger partial charge in [0.25, 0.3) is 0 Å². The molecule has 2 heterocycles. The fourth-order valence-electron chi connectivity index (χ4n) is 7.17. The van der Waals surface area contributed by atoms with E-state index in [0.29, 0.717) is 26.3 Å². The first kappa shape index (κ1) is 32.6. The number of hydrogen-bond acceptors (Lipinski definition) is 6. The smallest absolute Gasteiger partial charge is 0.184 e.